The number of hydrogen-bond donors (Lipinski definition) is 1. The van der Waals surface area contributed by atoms with Crippen LogP contribution in [0.25, 0.3) is 0 Å². The van der Waals surface area contributed by atoms with E-state index in [1.54, 1.807) is 31.3 Å². The van der Waals surface area contributed by atoms with Crippen molar-refractivity contribution in [3.8, 4) is 5.75 Å². The van der Waals surface area contributed by atoms with Gasteiger partial charge >= 0.3 is 0 Å². The predicted molar refractivity (Wildman–Crippen MR) is 72.5 cm³/mol. The number of aliphatic hydroxyl groups excluding tert-OH is 1. The lowest BCUT2D eigenvalue weighted by Crippen LogP contribution is -2.38. The van der Waals surface area contributed by atoms with Gasteiger partial charge in [0.15, 0.2) is 6.61 Å². The lowest BCUT2D eigenvalue weighted by molar-refractivity contribution is -0.133. The third kappa shape index (κ3) is 5.46. The number of halogens is 1. The average Bonchev–Trinajstić information content (AvgIpc) is 2.37. The van der Waals surface area contributed by atoms with Crippen molar-refractivity contribution < 1.29 is 19.4 Å². The van der Waals surface area contributed by atoms with E-state index in [-0.39, 0.29) is 25.7 Å². The van der Waals surface area contributed by atoms with Gasteiger partial charge in [-0.15, -0.1) is 0 Å². The molecular formula is C13H18ClNO4. The van der Waals surface area contributed by atoms with Crippen molar-refractivity contribution in [2.24, 2.45) is 0 Å². The molecule has 0 saturated heterocycles. The van der Waals surface area contributed by atoms with Crippen molar-refractivity contribution in [3.63, 3.8) is 0 Å². The lowest BCUT2D eigenvalue weighted by atomic mass is 10.3. The van der Waals surface area contributed by atoms with Crippen LogP contribution in [0.15, 0.2) is 24.3 Å². The van der Waals surface area contributed by atoms with Crippen molar-refractivity contribution in [1.82, 2.24) is 4.90 Å². The maximum atomic E-state index is 11.8. The molecule has 1 atom stereocenters. The molecule has 5 nitrogen and oxygen atoms in total. The van der Waals surface area contributed by atoms with Crippen LogP contribution in [-0.4, -0.2) is 55.9 Å². The summed E-state index contributed by atoms with van der Waals surface area (Å²) in [4.78, 5) is 13.2. The van der Waals surface area contributed by atoms with Crippen molar-refractivity contribution in [1.29, 1.82) is 0 Å². The first kappa shape index (κ1) is 15.8. The molecule has 1 N–H and O–H groups in total. The van der Waals surface area contributed by atoms with Gasteiger partial charge in [0.25, 0.3) is 5.91 Å². The van der Waals surface area contributed by atoms with Crippen molar-refractivity contribution in [3.05, 3.63) is 29.3 Å². The first-order valence-electron chi connectivity index (χ1n) is 5.83. The van der Waals surface area contributed by atoms with Gasteiger partial charge in [0.1, 0.15) is 5.75 Å². The molecule has 0 spiro atoms. The predicted octanol–water partition coefficient (Wildman–Crippen LogP) is 1.18. The molecule has 0 aliphatic carbocycles. The molecular weight excluding hydrogens is 270 g/mol. The molecule has 106 valence electrons. The van der Waals surface area contributed by atoms with Crippen LogP contribution >= 0.6 is 11.6 Å². The fourth-order valence-electron chi connectivity index (χ4n) is 1.47. The third-order valence-electron chi connectivity index (χ3n) is 2.46. The van der Waals surface area contributed by atoms with Crippen LogP contribution in [-0.2, 0) is 9.53 Å². The van der Waals surface area contributed by atoms with E-state index in [1.807, 2.05) is 0 Å². The minimum absolute atomic E-state index is 0.125. The summed E-state index contributed by atoms with van der Waals surface area (Å²) in [5.41, 5.74) is 0. The van der Waals surface area contributed by atoms with E-state index in [4.69, 9.17) is 21.1 Å². The summed E-state index contributed by atoms with van der Waals surface area (Å²) in [7, 11) is 3.09. The molecule has 1 aromatic carbocycles. The van der Waals surface area contributed by atoms with Crippen LogP contribution in [0.1, 0.15) is 0 Å². The average molecular weight is 288 g/mol. The van der Waals surface area contributed by atoms with Crippen LogP contribution < -0.4 is 4.74 Å². The number of nitrogens with zero attached hydrogens (tertiary/aromatic N) is 1. The summed E-state index contributed by atoms with van der Waals surface area (Å²) in [6.07, 6.45) is -0.709. The summed E-state index contributed by atoms with van der Waals surface area (Å²) in [5.74, 6) is 0.221. The van der Waals surface area contributed by atoms with E-state index in [2.05, 4.69) is 0 Å². The maximum absolute atomic E-state index is 11.8. The molecule has 0 saturated carbocycles. The minimum atomic E-state index is -0.709. The van der Waals surface area contributed by atoms with Gasteiger partial charge in [-0.1, -0.05) is 23.7 Å². The second kappa shape index (κ2) is 7.99. The summed E-state index contributed by atoms with van der Waals surface area (Å²) >= 11 is 5.91. The molecule has 1 unspecified atom stereocenters. The Balaban J connectivity index is 2.40. The van der Waals surface area contributed by atoms with Gasteiger partial charge < -0.3 is 19.5 Å². The van der Waals surface area contributed by atoms with Crippen molar-refractivity contribution >= 4 is 17.5 Å². The quantitative estimate of drug-likeness (QED) is 0.818. The van der Waals surface area contributed by atoms with Gasteiger partial charge in [0.2, 0.25) is 0 Å². The standard InChI is InChI=1S/C13H18ClNO4/c1-15(7-10(16)8-18-2)13(17)9-19-12-6-4-3-5-11(12)14/h3-6,10,16H,7-9H2,1-2H3. The molecule has 1 aromatic rings. The summed E-state index contributed by atoms with van der Waals surface area (Å²) in [6.45, 7) is 0.251. The second-order valence-corrected chi connectivity index (χ2v) is 4.51. The Morgan fingerprint density at radius 2 is 2.16 bits per heavy atom. The number of carbonyl (C=O) groups excluding carboxylic acids is 1. The molecule has 0 aliphatic heterocycles. The number of aliphatic hydroxyl groups is 1. The molecule has 0 fully saturated rings. The Bertz CT molecular complexity index is 413. The van der Waals surface area contributed by atoms with E-state index in [9.17, 15) is 9.90 Å². The highest BCUT2D eigenvalue weighted by atomic mass is 35.5. The topological polar surface area (TPSA) is 59.0 Å². The number of methoxy groups -OCH3 is 1. The van der Waals surface area contributed by atoms with Gasteiger partial charge in [-0.2, -0.15) is 0 Å². The molecule has 0 heterocycles. The zero-order chi connectivity index (χ0) is 14.3. The smallest absolute Gasteiger partial charge is 0.260 e. The first-order valence-corrected chi connectivity index (χ1v) is 6.20. The van der Waals surface area contributed by atoms with Gasteiger partial charge in [-0.25, -0.2) is 0 Å². The highest BCUT2D eigenvalue weighted by Gasteiger charge is 2.14. The van der Waals surface area contributed by atoms with Crippen LogP contribution in [0.3, 0.4) is 0 Å². The number of likely N-dealkylation sites (N-methyl/N-ethyl adjacent to an activating group) is 1. The van der Waals surface area contributed by atoms with Crippen molar-refractivity contribution in [2.45, 2.75) is 6.10 Å². The monoisotopic (exact) mass is 287 g/mol. The largest absolute Gasteiger partial charge is 0.482 e. The number of hydrogen-bond acceptors (Lipinski definition) is 4. The minimum Gasteiger partial charge on any atom is -0.482 e. The Labute approximate surface area is 117 Å². The second-order valence-electron chi connectivity index (χ2n) is 4.10. The summed E-state index contributed by atoms with van der Waals surface area (Å²) < 4.78 is 10.1. The number of ether oxygens (including phenoxy) is 2. The number of rotatable bonds is 7. The molecule has 0 aliphatic rings. The Hall–Kier alpha value is -1.30. The third-order valence-corrected chi connectivity index (χ3v) is 2.77. The Morgan fingerprint density at radius 1 is 1.47 bits per heavy atom. The molecule has 19 heavy (non-hydrogen) atoms. The number of benzene rings is 1. The van der Waals surface area contributed by atoms with Crippen LogP contribution in [0, 0.1) is 0 Å². The van der Waals surface area contributed by atoms with E-state index < -0.39 is 6.10 Å². The van der Waals surface area contributed by atoms with E-state index in [0.717, 1.165) is 0 Å². The highest BCUT2D eigenvalue weighted by molar-refractivity contribution is 6.32. The van der Waals surface area contributed by atoms with Crippen LogP contribution in [0.5, 0.6) is 5.75 Å². The Morgan fingerprint density at radius 3 is 2.79 bits per heavy atom. The first-order chi connectivity index (χ1) is 9.04. The lowest BCUT2D eigenvalue weighted by Gasteiger charge is -2.20. The van der Waals surface area contributed by atoms with Gasteiger partial charge in [0.05, 0.1) is 17.7 Å². The molecule has 0 aromatic heterocycles. The van der Waals surface area contributed by atoms with Gasteiger partial charge in [-0.05, 0) is 12.1 Å². The normalized spacial score (nSPS) is 12.0. The fraction of sp³-hybridized carbons (Fsp3) is 0.462. The number of carbonyl (C=O) groups is 1. The zero-order valence-electron chi connectivity index (χ0n) is 11.0. The molecule has 1 amide bonds. The van der Waals surface area contributed by atoms with Crippen LogP contribution in [0.4, 0.5) is 0 Å². The SMILES string of the molecule is COCC(O)CN(C)C(=O)COc1ccccc1Cl. The zero-order valence-corrected chi connectivity index (χ0v) is 11.8. The summed E-state index contributed by atoms with van der Waals surface area (Å²) in [5, 5.41) is 9.97. The fourth-order valence-corrected chi connectivity index (χ4v) is 1.66. The molecule has 0 bridgehead atoms. The van der Waals surface area contributed by atoms with E-state index >= 15 is 0 Å². The van der Waals surface area contributed by atoms with Crippen LogP contribution in [0.2, 0.25) is 5.02 Å². The van der Waals surface area contributed by atoms with Gasteiger partial charge in [0, 0.05) is 20.7 Å². The number of amides is 1. The molecule has 1 rings (SSSR count). The molecule has 6 heteroatoms. The number of para-hydroxylation sites is 1. The van der Waals surface area contributed by atoms with Gasteiger partial charge in [-0.3, -0.25) is 4.79 Å². The van der Waals surface area contributed by atoms with E-state index in [0.29, 0.717) is 10.8 Å². The Kier molecular flexibility index (Phi) is 6.62. The van der Waals surface area contributed by atoms with E-state index in [1.165, 1.54) is 12.0 Å². The molecule has 0 radical (unpaired) electrons. The highest BCUT2D eigenvalue weighted by Crippen LogP contribution is 2.22. The maximum Gasteiger partial charge on any atom is 0.260 e. The summed E-state index contributed by atoms with van der Waals surface area (Å²) in [6, 6.07) is 6.94. The van der Waals surface area contributed by atoms with Crippen molar-refractivity contribution in [2.75, 3.05) is 33.9 Å².